The first-order valence-electron chi connectivity index (χ1n) is 7.04. The summed E-state index contributed by atoms with van der Waals surface area (Å²) in [7, 11) is 0. The molecule has 0 saturated heterocycles. The number of rotatable bonds is 4. The van der Waals surface area contributed by atoms with Crippen molar-refractivity contribution in [1.29, 1.82) is 0 Å². The minimum atomic E-state index is -0.586. The van der Waals surface area contributed by atoms with Gasteiger partial charge in [0.15, 0.2) is 0 Å². The largest absolute Gasteiger partial charge is 0.506 e. The molecule has 0 fully saturated rings. The van der Waals surface area contributed by atoms with Crippen LogP contribution >= 0.6 is 35.0 Å². The van der Waals surface area contributed by atoms with Gasteiger partial charge in [-0.1, -0.05) is 53.5 Å². The highest BCUT2D eigenvalue weighted by Crippen LogP contribution is 2.33. The third-order valence-electron chi connectivity index (χ3n) is 3.32. The molecule has 24 heavy (non-hydrogen) atoms. The predicted molar refractivity (Wildman–Crippen MR) is 98.1 cm³/mol. The van der Waals surface area contributed by atoms with Crippen molar-refractivity contribution >= 4 is 35.0 Å². The molecule has 1 heterocycles. The molecule has 0 amide bonds. The average Bonchev–Trinajstić information content (AvgIpc) is 2.57. The lowest BCUT2D eigenvalue weighted by molar-refractivity contribution is 0.430. The molecule has 0 aliphatic heterocycles. The maximum absolute atomic E-state index is 12.2. The van der Waals surface area contributed by atoms with Crippen LogP contribution in [0.15, 0.2) is 68.7 Å². The summed E-state index contributed by atoms with van der Waals surface area (Å²) in [5, 5.41) is 10.9. The van der Waals surface area contributed by atoms with Gasteiger partial charge in [-0.25, -0.2) is 4.79 Å². The summed E-state index contributed by atoms with van der Waals surface area (Å²) in [6, 6.07) is 15.9. The summed E-state index contributed by atoms with van der Waals surface area (Å²) in [6.45, 7) is 0. The number of halogens is 2. The summed E-state index contributed by atoms with van der Waals surface area (Å²) in [5.41, 5.74) is 1.03. The van der Waals surface area contributed by atoms with Gasteiger partial charge in [0.25, 0.3) is 0 Å². The Morgan fingerprint density at radius 2 is 1.75 bits per heavy atom. The molecule has 0 aliphatic rings. The van der Waals surface area contributed by atoms with E-state index >= 15 is 0 Å². The van der Waals surface area contributed by atoms with Gasteiger partial charge in [-0.3, -0.25) is 0 Å². The molecule has 0 atom stereocenters. The maximum atomic E-state index is 12.2. The van der Waals surface area contributed by atoms with E-state index in [9.17, 15) is 9.90 Å². The van der Waals surface area contributed by atoms with Crippen LogP contribution in [0.4, 0.5) is 0 Å². The fraction of sp³-hybridized carbons (Fsp3) is 0.0556. The molecule has 0 aliphatic carbocycles. The molecule has 0 unspecified atom stereocenters. The van der Waals surface area contributed by atoms with Crippen LogP contribution in [-0.2, 0) is 5.75 Å². The number of aromatic hydroxyl groups is 1. The molecule has 1 aromatic heterocycles. The Hall–Kier alpha value is -1.88. The van der Waals surface area contributed by atoms with Gasteiger partial charge in [0.2, 0.25) is 0 Å². The van der Waals surface area contributed by atoms with Crippen LogP contribution in [0.5, 0.6) is 5.75 Å². The van der Waals surface area contributed by atoms with Crippen molar-refractivity contribution in [2.24, 2.45) is 0 Å². The van der Waals surface area contributed by atoms with E-state index in [1.165, 1.54) is 17.8 Å². The molecule has 0 bridgehead atoms. The summed E-state index contributed by atoms with van der Waals surface area (Å²) in [4.78, 5) is 12.4. The number of benzene rings is 2. The summed E-state index contributed by atoms with van der Waals surface area (Å²) >= 11 is 13.1. The van der Waals surface area contributed by atoms with Gasteiger partial charge in [0.05, 0.1) is 10.0 Å². The Balaban J connectivity index is 1.88. The lowest BCUT2D eigenvalue weighted by Gasteiger charge is -2.07. The van der Waals surface area contributed by atoms with Crippen LogP contribution in [0.1, 0.15) is 5.56 Å². The van der Waals surface area contributed by atoms with Gasteiger partial charge in [-0.05, 0) is 23.8 Å². The second-order valence-electron chi connectivity index (χ2n) is 5.02. The highest BCUT2D eigenvalue weighted by atomic mass is 35.5. The molecule has 0 saturated carbocycles. The minimum absolute atomic E-state index is 0.117. The van der Waals surface area contributed by atoms with Crippen LogP contribution in [0.2, 0.25) is 10.0 Å². The highest BCUT2D eigenvalue weighted by Gasteiger charge is 2.14. The highest BCUT2D eigenvalue weighted by molar-refractivity contribution is 7.98. The third kappa shape index (κ3) is 3.78. The van der Waals surface area contributed by atoms with Crippen molar-refractivity contribution in [3.63, 3.8) is 0 Å². The third-order valence-corrected chi connectivity index (χ3v) is 5.20. The second-order valence-corrected chi connectivity index (χ2v) is 6.82. The Morgan fingerprint density at radius 1 is 1.00 bits per heavy atom. The standard InChI is InChI=1S/C18H12Cl2O3S/c19-13-7-6-12(8-14(13)20)16-9-15(21)17(18(22)23-16)24-10-11-4-2-1-3-5-11/h1-9,21H,10H2. The molecular formula is C18H12Cl2O3S. The first-order chi connectivity index (χ1) is 11.5. The molecule has 0 spiro atoms. The fourth-order valence-electron chi connectivity index (χ4n) is 2.12. The molecule has 2 aromatic carbocycles. The van der Waals surface area contributed by atoms with Gasteiger partial charge < -0.3 is 9.52 Å². The van der Waals surface area contributed by atoms with Crippen LogP contribution < -0.4 is 5.63 Å². The van der Waals surface area contributed by atoms with Crippen molar-refractivity contribution in [2.45, 2.75) is 10.6 Å². The van der Waals surface area contributed by atoms with Gasteiger partial charge in [-0.15, -0.1) is 11.8 Å². The first-order valence-corrected chi connectivity index (χ1v) is 8.78. The Morgan fingerprint density at radius 3 is 2.42 bits per heavy atom. The fourth-order valence-corrected chi connectivity index (χ4v) is 3.29. The minimum Gasteiger partial charge on any atom is -0.506 e. The molecule has 3 rings (SSSR count). The SMILES string of the molecule is O=c1oc(-c2ccc(Cl)c(Cl)c2)cc(O)c1SCc1ccccc1. The van der Waals surface area contributed by atoms with Crippen molar-refractivity contribution in [2.75, 3.05) is 0 Å². The van der Waals surface area contributed by atoms with Crippen LogP contribution in [0, 0.1) is 0 Å². The number of thioether (sulfide) groups is 1. The van der Waals surface area contributed by atoms with Crippen LogP contribution in [-0.4, -0.2) is 5.11 Å². The van der Waals surface area contributed by atoms with E-state index in [1.807, 2.05) is 30.3 Å². The van der Waals surface area contributed by atoms with E-state index in [4.69, 9.17) is 27.6 Å². The van der Waals surface area contributed by atoms with E-state index in [0.717, 1.165) is 5.56 Å². The zero-order valence-corrected chi connectivity index (χ0v) is 14.7. The van der Waals surface area contributed by atoms with Crippen LogP contribution in [0.3, 0.4) is 0 Å². The normalized spacial score (nSPS) is 10.8. The molecule has 122 valence electrons. The molecule has 3 aromatic rings. The smallest absolute Gasteiger partial charge is 0.353 e. The molecule has 0 radical (unpaired) electrons. The number of hydrogen-bond acceptors (Lipinski definition) is 4. The summed E-state index contributed by atoms with van der Waals surface area (Å²) in [5.74, 6) is 0.680. The monoisotopic (exact) mass is 378 g/mol. The zero-order chi connectivity index (χ0) is 17.1. The molecule has 3 nitrogen and oxygen atoms in total. The van der Waals surface area contributed by atoms with Gasteiger partial charge in [0.1, 0.15) is 16.4 Å². The Labute approximate surface area is 152 Å². The van der Waals surface area contributed by atoms with Gasteiger partial charge in [0, 0.05) is 17.4 Å². The molecule has 6 heteroatoms. The lowest BCUT2D eigenvalue weighted by Crippen LogP contribution is -2.03. The van der Waals surface area contributed by atoms with Crippen LogP contribution in [0.25, 0.3) is 11.3 Å². The maximum Gasteiger partial charge on any atom is 0.353 e. The Kier molecular flexibility index (Phi) is 5.19. The molecule has 1 N–H and O–H groups in total. The Bertz CT molecular complexity index is 923. The topological polar surface area (TPSA) is 50.4 Å². The average molecular weight is 379 g/mol. The lowest BCUT2D eigenvalue weighted by atomic mass is 10.1. The molecular weight excluding hydrogens is 367 g/mol. The number of hydrogen-bond donors (Lipinski definition) is 1. The van der Waals surface area contributed by atoms with Crippen molar-refractivity contribution in [3.05, 3.63) is 80.6 Å². The summed E-state index contributed by atoms with van der Waals surface area (Å²) < 4.78 is 5.32. The van der Waals surface area contributed by atoms with Crippen molar-refractivity contribution in [3.8, 4) is 17.1 Å². The second kappa shape index (κ2) is 7.34. The van der Waals surface area contributed by atoms with E-state index in [-0.39, 0.29) is 16.4 Å². The predicted octanol–water partition coefficient (Wildman–Crippen LogP) is 5.61. The zero-order valence-electron chi connectivity index (χ0n) is 12.3. The van der Waals surface area contributed by atoms with Crippen molar-refractivity contribution in [1.82, 2.24) is 0 Å². The van der Waals surface area contributed by atoms with Gasteiger partial charge in [-0.2, -0.15) is 0 Å². The van der Waals surface area contributed by atoms with Gasteiger partial charge >= 0.3 is 5.63 Å². The van der Waals surface area contributed by atoms with Crippen molar-refractivity contribution < 1.29 is 9.52 Å². The first kappa shape index (κ1) is 17.0. The summed E-state index contributed by atoms with van der Waals surface area (Å²) in [6.07, 6.45) is 0. The van der Waals surface area contributed by atoms with E-state index in [1.54, 1.807) is 18.2 Å². The quantitative estimate of drug-likeness (QED) is 0.599. The van der Waals surface area contributed by atoms with E-state index < -0.39 is 5.63 Å². The van der Waals surface area contributed by atoms with E-state index in [0.29, 0.717) is 21.4 Å². The van der Waals surface area contributed by atoms with E-state index in [2.05, 4.69) is 0 Å².